The van der Waals surface area contributed by atoms with Gasteiger partial charge < -0.3 is 15.0 Å². The summed E-state index contributed by atoms with van der Waals surface area (Å²) in [4.78, 5) is 27.6. The molecule has 0 saturated heterocycles. The molecule has 1 atom stereocenters. The number of rotatable bonds is 8. The molecular formula is C24H28BrClN2O3. The van der Waals surface area contributed by atoms with Gasteiger partial charge in [-0.05, 0) is 62.1 Å². The Bertz CT molecular complexity index is 931. The molecule has 2 aromatic rings. The van der Waals surface area contributed by atoms with Crippen molar-refractivity contribution in [3.63, 3.8) is 0 Å². The zero-order chi connectivity index (χ0) is 22.4. The van der Waals surface area contributed by atoms with Gasteiger partial charge in [-0.3, -0.25) is 9.59 Å². The molecule has 2 aromatic carbocycles. The lowest BCUT2D eigenvalue weighted by Crippen LogP contribution is -2.50. The van der Waals surface area contributed by atoms with E-state index in [0.717, 1.165) is 41.3 Å². The molecular weight excluding hydrogens is 480 g/mol. The lowest BCUT2D eigenvalue weighted by molar-refractivity contribution is -0.142. The van der Waals surface area contributed by atoms with Gasteiger partial charge in [0.2, 0.25) is 5.91 Å². The Labute approximate surface area is 197 Å². The number of ether oxygens (including phenoxy) is 1. The molecule has 166 valence electrons. The topological polar surface area (TPSA) is 58.6 Å². The first-order valence-corrected chi connectivity index (χ1v) is 11.7. The Morgan fingerprint density at radius 2 is 1.94 bits per heavy atom. The standard InChI is InChI=1S/C24H28BrClN2O3/c1-16-13-20(11-12-21(16)25)31-15-23(29)28(14-18-7-3-6-10-22(18)26)17(2)24(30)27-19-8-4-5-9-19/h3,6-7,10-13,17,19H,4-5,8-9,14-15H2,1-2H3,(H,27,30)/t17-/m0/s1. The highest BCUT2D eigenvalue weighted by Gasteiger charge is 2.29. The lowest BCUT2D eigenvalue weighted by Gasteiger charge is -2.30. The number of halogens is 2. The molecule has 3 rings (SSSR count). The number of carbonyl (C=O) groups excluding carboxylic acids is 2. The molecule has 1 aliphatic rings. The van der Waals surface area contributed by atoms with E-state index in [-0.39, 0.29) is 31.0 Å². The predicted molar refractivity (Wildman–Crippen MR) is 126 cm³/mol. The van der Waals surface area contributed by atoms with Crippen molar-refractivity contribution in [2.45, 2.75) is 58.2 Å². The average Bonchev–Trinajstić information content (AvgIpc) is 3.26. The van der Waals surface area contributed by atoms with Crippen LogP contribution in [0.25, 0.3) is 0 Å². The Kier molecular flexibility index (Phi) is 8.38. The Balaban J connectivity index is 1.73. The van der Waals surface area contributed by atoms with Crippen LogP contribution in [0.3, 0.4) is 0 Å². The van der Waals surface area contributed by atoms with Crippen LogP contribution in [0.5, 0.6) is 5.75 Å². The molecule has 0 aromatic heterocycles. The number of benzene rings is 2. The first-order valence-electron chi connectivity index (χ1n) is 10.6. The Morgan fingerprint density at radius 1 is 1.23 bits per heavy atom. The monoisotopic (exact) mass is 506 g/mol. The van der Waals surface area contributed by atoms with Crippen LogP contribution >= 0.6 is 27.5 Å². The lowest BCUT2D eigenvalue weighted by atomic mass is 10.1. The first-order chi connectivity index (χ1) is 14.8. The quantitative estimate of drug-likeness (QED) is 0.530. The van der Waals surface area contributed by atoms with Crippen molar-refractivity contribution in [3.8, 4) is 5.75 Å². The van der Waals surface area contributed by atoms with E-state index in [1.54, 1.807) is 19.1 Å². The second-order valence-corrected chi connectivity index (χ2v) is 9.24. The van der Waals surface area contributed by atoms with Gasteiger partial charge >= 0.3 is 0 Å². The van der Waals surface area contributed by atoms with Crippen LogP contribution < -0.4 is 10.1 Å². The van der Waals surface area contributed by atoms with Gasteiger partial charge in [0.05, 0.1) is 0 Å². The van der Waals surface area contributed by atoms with Crippen LogP contribution in [0.1, 0.15) is 43.7 Å². The van der Waals surface area contributed by atoms with E-state index in [0.29, 0.717) is 10.8 Å². The molecule has 0 heterocycles. The van der Waals surface area contributed by atoms with Gasteiger partial charge in [0.1, 0.15) is 11.8 Å². The number of nitrogens with one attached hydrogen (secondary N) is 1. The van der Waals surface area contributed by atoms with E-state index in [1.807, 2.05) is 37.3 Å². The van der Waals surface area contributed by atoms with Gasteiger partial charge in [0.25, 0.3) is 5.91 Å². The van der Waals surface area contributed by atoms with Crippen LogP contribution in [-0.4, -0.2) is 35.4 Å². The highest BCUT2D eigenvalue weighted by molar-refractivity contribution is 9.10. The summed E-state index contributed by atoms with van der Waals surface area (Å²) in [6.45, 7) is 3.79. The summed E-state index contributed by atoms with van der Waals surface area (Å²) >= 11 is 9.79. The van der Waals surface area contributed by atoms with E-state index < -0.39 is 6.04 Å². The summed E-state index contributed by atoms with van der Waals surface area (Å²) in [5.74, 6) is 0.191. The molecule has 7 heteroatoms. The van der Waals surface area contributed by atoms with Crippen LogP contribution in [0, 0.1) is 6.92 Å². The number of carbonyl (C=O) groups is 2. The fraction of sp³-hybridized carbons (Fsp3) is 0.417. The molecule has 0 unspecified atom stereocenters. The molecule has 0 aliphatic heterocycles. The largest absolute Gasteiger partial charge is 0.484 e. The minimum Gasteiger partial charge on any atom is -0.484 e. The first kappa shape index (κ1) is 23.6. The van der Waals surface area contributed by atoms with Crippen LogP contribution in [0.4, 0.5) is 0 Å². The maximum atomic E-state index is 13.1. The van der Waals surface area contributed by atoms with E-state index in [9.17, 15) is 9.59 Å². The number of amides is 2. The number of nitrogens with zero attached hydrogens (tertiary/aromatic N) is 1. The summed E-state index contributed by atoms with van der Waals surface area (Å²) in [5, 5.41) is 3.65. The maximum Gasteiger partial charge on any atom is 0.261 e. The SMILES string of the molecule is Cc1cc(OCC(=O)N(Cc2ccccc2Cl)[C@@H](C)C(=O)NC2CCCC2)ccc1Br. The zero-order valence-electron chi connectivity index (χ0n) is 17.9. The van der Waals surface area contributed by atoms with Crippen molar-refractivity contribution in [3.05, 3.63) is 63.1 Å². The molecule has 1 aliphatic carbocycles. The molecule has 1 N–H and O–H groups in total. The van der Waals surface area contributed by atoms with Gasteiger partial charge in [0, 0.05) is 22.1 Å². The highest BCUT2D eigenvalue weighted by Crippen LogP contribution is 2.23. The van der Waals surface area contributed by atoms with E-state index in [1.165, 1.54) is 4.90 Å². The molecule has 0 spiro atoms. The number of hydrogen-bond acceptors (Lipinski definition) is 3. The fourth-order valence-electron chi connectivity index (χ4n) is 3.72. The summed E-state index contributed by atoms with van der Waals surface area (Å²) in [5.41, 5.74) is 1.81. The molecule has 0 radical (unpaired) electrons. The minimum absolute atomic E-state index is 0.146. The van der Waals surface area contributed by atoms with Crippen molar-refractivity contribution in [1.29, 1.82) is 0 Å². The fourth-order valence-corrected chi connectivity index (χ4v) is 4.16. The summed E-state index contributed by atoms with van der Waals surface area (Å²) < 4.78 is 6.71. The normalized spacial score (nSPS) is 14.8. The van der Waals surface area contributed by atoms with Gasteiger partial charge in [-0.1, -0.05) is 58.6 Å². The minimum atomic E-state index is -0.639. The molecule has 1 saturated carbocycles. The maximum absolute atomic E-state index is 13.1. The van der Waals surface area contributed by atoms with Crippen LogP contribution in [-0.2, 0) is 16.1 Å². The third-order valence-corrected chi connectivity index (χ3v) is 6.92. The van der Waals surface area contributed by atoms with Gasteiger partial charge in [-0.2, -0.15) is 0 Å². The highest BCUT2D eigenvalue weighted by atomic mass is 79.9. The summed E-state index contributed by atoms with van der Waals surface area (Å²) in [6.07, 6.45) is 4.23. The third kappa shape index (κ3) is 6.47. The van der Waals surface area contributed by atoms with Gasteiger partial charge in [-0.25, -0.2) is 0 Å². The Morgan fingerprint density at radius 3 is 2.61 bits per heavy atom. The van der Waals surface area contributed by atoms with Crippen molar-refractivity contribution < 1.29 is 14.3 Å². The van der Waals surface area contributed by atoms with E-state index in [2.05, 4.69) is 21.2 Å². The third-order valence-electron chi connectivity index (χ3n) is 5.66. The second kappa shape index (κ2) is 11.0. The smallest absolute Gasteiger partial charge is 0.261 e. The number of hydrogen-bond donors (Lipinski definition) is 1. The van der Waals surface area contributed by atoms with E-state index in [4.69, 9.17) is 16.3 Å². The van der Waals surface area contributed by atoms with Gasteiger partial charge in [-0.15, -0.1) is 0 Å². The molecule has 5 nitrogen and oxygen atoms in total. The molecule has 0 bridgehead atoms. The average molecular weight is 508 g/mol. The molecule has 31 heavy (non-hydrogen) atoms. The summed E-state index contributed by atoms with van der Waals surface area (Å²) in [6, 6.07) is 12.5. The van der Waals surface area contributed by atoms with Crippen molar-refractivity contribution in [2.75, 3.05) is 6.61 Å². The van der Waals surface area contributed by atoms with Crippen LogP contribution in [0.15, 0.2) is 46.9 Å². The van der Waals surface area contributed by atoms with Crippen molar-refractivity contribution in [2.24, 2.45) is 0 Å². The molecule has 2 amide bonds. The number of aryl methyl sites for hydroxylation is 1. The van der Waals surface area contributed by atoms with Gasteiger partial charge in [0.15, 0.2) is 6.61 Å². The molecule has 1 fully saturated rings. The predicted octanol–water partition coefficient (Wildman–Crippen LogP) is 5.27. The van der Waals surface area contributed by atoms with Crippen LogP contribution in [0.2, 0.25) is 5.02 Å². The van der Waals surface area contributed by atoms with E-state index >= 15 is 0 Å². The zero-order valence-corrected chi connectivity index (χ0v) is 20.2. The van der Waals surface area contributed by atoms with Crippen molar-refractivity contribution >= 4 is 39.3 Å². The Hall–Kier alpha value is -2.05. The summed E-state index contributed by atoms with van der Waals surface area (Å²) in [7, 11) is 0. The van der Waals surface area contributed by atoms with Crippen molar-refractivity contribution in [1.82, 2.24) is 10.2 Å². The second-order valence-electron chi connectivity index (χ2n) is 7.98.